The molecule has 0 aromatic heterocycles. The molecule has 0 saturated carbocycles. The Labute approximate surface area is 123 Å². The molecule has 1 atom stereocenters. The van der Waals surface area contributed by atoms with E-state index in [1.165, 1.54) is 6.07 Å². The van der Waals surface area contributed by atoms with Gasteiger partial charge in [-0.25, -0.2) is 8.42 Å². The molecule has 21 heavy (non-hydrogen) atoms. The number of nitrogens with zero attached hydrogens (tertiary/aromatic N) is 1. The molecule has 1 aliphatic heterocycles. The monoisotopic (exact) mass is 314 g/mol. The fourth-order valence-electron chi connectivity index (χ4n) is 2.40. The Morgan fingerprint density at radius 2 is 2.24 bits per heavy atom. The van der Waals surface area contributed by atoms with E-state index in [9.17, 15) is 18.5 Å². The van der Waals surface area contributed by atoms with Crippen molar-refractivity contribution in [1.82, 2.24) is 0 Å². The zero-order valence-electron chi connectivity index (χ0n) is 11.7. The first-order valence-electron chi connectivity index (χ1n) is 6.79. The maximum atomic E-state index is 11.6. The van der Waals surface area contributed by atoms with Gasteiger partial charge in [-0.15, -0.1) is 0 Å². The normalized spacial score (nSPS) is 20.7. The molecule has 1 unspecified atom stereocenters. The van der Waals surface area contributed by atoms with E-state index in [4.69, 9.17) is 4.74 Å². The average molecular weight is 314 g/mol. The summed E-state index contributed by atoms with van der Waals surface area (Å²) in [7, 11) is -3.00. The maximum Gasteiger partial charge on any atom is 0.311 e. The van der Waals surface area contributed by atoms with Crippen LogP contribution in [0, 0.1) is 10.1 Å². The van der Waals surface area contributed by atoms with E-state index in [-0.39, 0.29) is 29.0 Å². The van der Waals surface area contributed by atoms with Crippen LogP contribution in [0.3, 0.4) is 0 Å². The summed E-state index contributed by atoms with van der Waals surface area (Å²) < 4.78 is 28.5. The Bertz CT molecular complexity index is 629. The fraction of sp³-hybridized carbons (Fsp3) is 0.538. The topological polar surface area (TPSA) is 98.5 Å². The number of nitro groups is 1. The molecule has 0 amide bonds. The maximum absolute atomic E-state index is 11.6. The molecule has 1 fully saturated rings. The Hall–Kier alpha value is -1.83. The van der Waals surface area contributed by atoms with Crippen LogP contribution in [-0.2, 0) is 9.84 Å². The summed E-state index contributed by atoms with van der Waals surface area (Å²) in [4.78, 5) is 10.4. The van der Waals surface area contributed by atoms with Gasteiger partial charge < -0.3 is 10.1 Å². The van der Waals surface area contributed by atoms with Crippen LogP contribution in [0.2, 0.25) is 0 Å². The number of ether oxygens (including phenoxy) is 1. The van der Waals surface area contributed by atoms with Crippen LogP contribution in [0.1, 0.15) is 19.8 Å². The highest BCUT2D eigenvalue weighted by molar-refractivity contribution is 7.91. The number of nitro benzene ring substituents is 1. The first kappa shape index (κ1) is 15.6. The number of benzene rings is 1. The zero-order valence-corrected chi connectivity index (χ0v) is 12.6. The number of hydrogen-bond acceptors (Lipinski definition) is 6. The lowest BCUT2D eigenvalue weighted by atomic mass is 10.1. The van der Waals surface area contributed by atoms with Gasteiger partial charge in [0.1, 0.15) is 0 Å². The molecule has 7 nitrogen and oxygen atoms in total. The van der Waals surface area contributed by atoms with Crippen LogP contribution in [0.5, 0.6) is 5.75 Å². The zero-order chi connectivity index (χ0) is 15.5. The fourth-order valence-corrected chi connectivity index (χ4v) is 4.03. The van der Waals surface area contributed by atoms with Crippen LogP contribution >= 0.6 is 0 Å². The SMILES string of the molecule is CCOc1cc(NC2CCCS(=O)(=O)C2)ccc1[N+](=O)[O-]. The molecular formula is C13H18N2O5S. The van der Waals surface area contributed by atoms with E-state index in [2.05, 4.69) is 5.32 Å². The van der Waals surface area contributed by atoms with Crippen LogP contribution in [-0.4, -0.2) is 37.5 Å². The molecule has 8 heteroatoms. The second-order valence-electron chi connectivity index (χ2n) is 4.97. The Morgan fingerprint density at radius 3 is 2.86 bits per heavy atom. The van der Waals surface area contributed by atoms with Gasteiger partial charge in [0.15, 0.2) is 15.6 Å². The third-order valence-electron chi connectivity index (χ3n) is 3.29. The number of rotatable bonds is 5. The predicted molar refractivity (Wildman–Crippen MR) is 79.6 cm³/mol. The van der Waals surface area contributed by atoms with Crippen molar-refractivity contribution < 1.29 is 18.1 Å². The molecule has 1 saturated heterocycles. The number of sulfone groups is 1. The predicted octanol–water partition coefficient (Wildman–Crippen LogP) is 1.98. The minimum absolute atomic E-state index is 0.0912. The second kappa shape index (κ2) is 6.30. The summed E-state index contributed by atoms with van der Waals surface area (Å²) in [5, 5.41) is 14.0. The van der Waals surface area contributed by atoms with Gasteiger partial charge in [0.25, 0.3) is 0 Å². The number of hydrogen-bond donors (Lipinski definition) is 1. The van der Waals surface area contributed by atoms with Crippen molar-refractivity contribution in [2.45, 2.75) is 25.8 Å². The van der Waals surface area contributed by atoms with E-state index >= 15 is 0 Å². The van der Waals surface area contributed by atoms with Gasteiger partial charge >= 0.3 is 5.69 Å². The summed E-state index contributed by atoms with van der Waals surface area (Å²) in [6, 6.07) is 4.31. The highest BCUT2D eigenvalue weighted by atomic mass is 32.2. The molecule has 0 radical (unpaired) electrons. The third kappa shape index (κ3) is 4.07. The Morgan fingerprint density at radius 1 is 1.48 bits per heavy atom. The molecule has 1 aromatic rings. The van der Waals surface area contributed by atoms with Crippen molar-refractivity contribution in [3.8, 4) is 5.75 Å². The van der Waals surface area contributed by atoms with Gasteiger partial charge in [-0.2, -0.15) is 0 Å². The molecule has 1 heterocycles. The lowest BCUT2D eigenvalue weighted by Gasteiger charge is -2.24. The van der Waals surface area contributed by atoms with Crippen molar-refractivity contribution >= 4 is 21.2 Å². The van der Waals surface area contributed by atoms with Crippen LogP contribution in [0.15, 0.2) is 18.2 Å². The van der Waals surface area contributed by atoms with Gasteiger partial charge in [-0.05, 0) is 25.8 Å². The second-order valence-corrected chi connectivity index (χ2v) is 7.20. The minimum Gasteiger partial charge on any atom is -0.487 e. The highest BCUT2D eigenvalue weighted by Crippen LogP contribution is 2.31. The largest absolute Gasteiger partial charge is 0.487 e. The molecular weight excluding hydrogens is 296 g/mol. The van der Waals surface area contributed by atoms with Gasteiger partial charge in [-0.3, -0.25) is 10.1 Å². The van der Waals surface area contributed by atoms with E-state index < -0.39 is 14.8 Å². The van der Waals surface area contributed by atoms with E-state index in [0.717, 1.165) is 6.42 Å². The lowest BCUT2D eigenvalue weighted by molar-refractivity contribution is -0.385. The molecule has 0 spiro atoms. The molecule has 1 N–H and O–H groups in total. The summed E-state index contributed by atoms with van der Waals surface area (Å²) in [6.07, 6.45) is 1.39. The number of anilines is 1. The van der Waals surface area contributed by atoms with Gasteiger partial charge in [0, 0.05) is 23.9 Å². The van der Waals surface area contributed by atoms with Crippen molar-refractivity contribution in [3.05, 3.63) is 28.3 Å². The van der Waals surface area contributed by atoms with E-state index in [1.54, 1.807) is 19.1 Å². The van der Waals surface area contributed by atoms with E-state index in [0.29, 0.717) is 18.7 Å². The molecule has 116 valence electrons. The molecule has 1 aliphatic rings. The summed E-state index contributed by atoms with van der Waals surface area (Å²) in [5.74, 6) is 0.509. The van der Waals surface area contributed by atoms with Crippen molar-refractivity contribution in [2.24, 2.45) is 0 Å². The van der Waals surface area contributed by atoms with Crippen molar-refractivity contribution in [3.63, 3.8) is 0 Å². The summed E-state index contributed by atoms with van der Waals surface area (Å²) in [6.45, 7) is 2.07. The quantitative estimate of drug-likeness (QED) is 0.659. The lowest BCUT2D eigenvalue weighted by Crippen LogP contribution is -2.34. The van der Waals surface area contributed by atoms with E-state index in [1.807, 2.05) is 0 Å². The first-order chi connectivity index (χ1) is 9.91. The Balaban J connectivity index is 2.17. The third-order valence-corrected chi connectivity index (χ3v) is 5.11. The van der Waals surface area contributed by atoms with Crippen LogP contribution < -0.4 is 10.1 Å². The van der Waals surface area contributed by atoms with Gasteiger partial charge in [0.05, 0.1) is 23.0 Å². The van der Waals surface area contributed by atoms with Crippen LogP contribution in [0.25, 0.3) is 0 Å². The standard InChI is InChI=1S/C13H18N2O5S/c1-2-20-13-8-10(5-6-12(13)15(16)17)14-11-4-3-7-21(18,19)9-11/h5-6,8,11,14H,2-4,7,9H2,1H3. The molecule has 1 aromatic carbocycles. The minimum atomic E-state index is -3.00. The molecule has 0 bridgehead atoms. The average Bonchev–Trinajstić information content (AvgIpc) is 2.37. The van der Waals surface area contributed by atoms with Gasteiger partial charge in [0.2, 0.25) is 0 Å². The summed E-state index contributed by atoms with van der Waals surface area (Å²) in [5.41, 5.74) is 0.532. The molecule has 2 rings (SSSR count). The smallest absolute Gasteiger partial charge is 0.311 e. The highest BCUT2D eigenvalue weighted by Gasteiger charge is 2.25. The first-order valence-corrected chi connectivity index (χ1v) is 8.61. The Kier molecular flexibility index (Phi) is 4.66. The van der Waals surface area contributed by atoms with Crippen molar-refractivity contribution in [2.75, 3.05) is 23.4 Å². The molecule has 0 aliphatic carbocycles. The van der Waals surface area contributed by atoms with Gasteiger partial charge in [-0.1, -0.05) is 0 Å². The van der Waals surface area contributed by atoms with Crippen molar-refractivity contribution in [1.29, 1.82) is 0 Å². The number of nitrogens with one attached hydrogen (secondary N) is 1. The summed E-state index contributed by atoms with van der Waals surface area (Å²) >= 11 is 0. The van der Waals surface area contributed by atoms with Crippen LogP contribution in [0.4, 0.5) is 11.4 Å².